The molecule has 3 N–H and O–H groups in total. The van der Waals surface area contributed by atoms with Crippen LogP contribution in [0.5, 0.6) is 5.88 Å². The number of carbonyl (C=O) groups excluding carboxylic acids is 1. The van der Waals surface area contributed by atoms with E-state index in [1.54, 1.807) is 19.4 Å². The Morgan fingerprint density at radius 3 is 1.13 bits per heavy atom. The van der Waals surface area contributed by atoms with Crippen molar-refractivity contribution >= 4 is 5.91 Å². The number of carbonyl (C=O) groups is 1. The van der Waals surface area contributed by atoms with Gasteiger partial charge in [0.15, 0.2) is 0 Å². The van der Waals surface area contributed by atoms with Gasteiger partial charge >= 0.3 is 0 Å². The van der Waals surface area contributed by atoms with E-state index in [0.29, 0.717) is 11.4 Å². The number of rotatable bonds is 3. The van der Waals surface area contributed by atoms with E-state index >= 15 is 0 Å². The number of aromatic nitrogens is 2. The van der Waals surface area contributed by atoms with Crippen molar-refractivity contribution in [3.05, 3.63) is 195 Å². The van der Waals surface area contributed by atoms with Gasteiger partial charge in [-0.1, -0.05) is 221 Å². The monoisotopic (exact) mass is 952 g/mol. The van der Waals surface area contributed by atoms with Gasteiger partial charge in [0, 0.05) is 29.7 Å². The predicted molar refractivity (Wildman–Crippen MR) is 302 cm³/mol. The molecule has 0 unspecified atom stereocenters. The summed E-state index contributed by atoms with van der Waals surface area (Å²) in [5, 5.41) is 8.93. The lowest BCUT2D eigenvalue weighted by Gasteiger charge is -2.19. The molecule has 2 heterocycles. The highest BCUT2D eigenvalue weighted by Gasteiger charge is 2.17. The third kappa shape index (κ3) is 24.3. The molecule has 0 aliphatic rings. The number of amides is 1. The smallest absolute Gasteiger partial charge is 0.248 e. The first-order chi connectivity index (χ1) is 32.0. The molecule has 4 aromatic carbocycles. The molecule has 0 aliphatic heterocycles. The maximum atomic E-state index is 10.9. The minimum absolute atomic E-state index is 0.0610. The SMILES string of the molecule is CC(C)(C)c1cccc(C(N)=O)c1.CC(C)(C)c1cccc(CO)c1.COc1cc(C(C)(C)C)ccn1.Cc1cc(C(C)(C)C)ccn1.Cc1cccc(C(C)(C)C)c1.Cc1cccc(C(C)(C)C)c1. The molecule has 1 amide bonds. The summed E-state index contributed by atoms with van der Waals surface area (Å²) in [6, 6.07) is 41.1. The molecule has 0 bridgehead atoms. The van der Waals surface area contributed by atoms with Crippen molar-refractivity contribution in [2.24, 2.45) is 5.73 Å². The van der Waals surface area contributed by atoms with Crippen molar-refractivity contribution in [1.29, 1.82) is 0 Å². The van der Waals surface area contributed by atoms with Gasteiger partial charge in [-0.25, -0.2) is 4.98 Å². The number of nitrogens with two attached hydrogens (primary N) is 1. The summed E-state index contributed by atoms with van der Waals surface area (Å²) in [6.07, 6.45) is 3.65. The van der Waals surface area contributed by atoms with Gasteiger partial charge in [-0.2, -0.15) is 0 Å². The van der Waals surface area contributed by atoms with E-state index < -0.39 is 0 Å². The third-order valence-corrected chi connectivity index (χ3v) is 11.3. The van der Waals surface area contributed by atoms with Crippen molar-refractivity contribution in [3.63, 3.8) is 0 Å². The lowest BCUT2D eigenvalue weighted by atomic mass is 9.86. The van der Waals surface area contributed by atoms with Gasteiger partial charge < -0.3 is 15.6 Å². The first-order valence-electron chi connectivity index (χ1n) is 24.7. The van der Waals surface area contributed by atoms with Crippen LogP contribution in [0.15, 0.2) is 134 Å². The van der Waals surface area contributed by atoms with Crippen molar-refractivity contribution in [2.45, 2.75) is 184 Å². The van der Waals surface area contributed by atoms with Crippen LogP contribution in [0.3, 0.4) is 0 Å². The number of aliphatic hydroxyl groups is 1. The fourth-order valence-electron chi connectivity index (χ4n) is 6.50. The Kier molecular flexibility index (Phi) is 24.2. The van der Waals surface area contributed by atoms with Gasteiger partial charge in [0.05, 0.1) is 13.7 Å². The minimum Gasteiger partial charge on any atom is -0.481 e. The topological polar surface area (TPSA) is 98.3 Å². The number of ether oxygens (including phenoxy) is 1. The zero-order valence-electron chi connectivity index (χ0n) is 47.6. The number of primary amides is 1. The number of methoxy groups -OCH3 is 1. The summed E-state index contributed by atoms with van der Waals surface area (Å²) in [7, 11) is 1.63. The number of hydrogen-bond donors (Lipinski definition) is 2. The lowest BCUT2D eigenvalue weighted by molar-refractivity contribution is 0.1000. The van der Waals surface area contributed by atoms with Crippen molar-refractivity contribution in [3.8, 4) is 5.88 Å². The van der Waals surface area contributed by atoms with E-state index in [2.05, 4.69) is 221 Å². The van der Waals surface area contributed by atoms with Crippen LogP contribution < -0.4 is 10.5 Å². The summed E-state index contributed by atoms with van der Waals surface area (Å²) in [5.74, 6) is 0.313. The van der Waals surface area contributed by atoms with Crippen LogP contribution >= 0.6 is 0 Å². The number of benzene rings is 4. The molecule has 6 rings (SSSR count). The molecule has 6 nitrogen and oxygen atoms in total. The van der Waals surface area contributed by atoms with Crippen molar-refractivity contribution < 1.29 is 14.6 Å². The fourth-order valence-corrected chi connectivity index (χ4v) is 6.50. The van der Waals surface area contributed by atoms with E-state index in [0.717, 1.165) is 16.8 Å². The maximum Gasteiger partial charge on any atom is 0.248 e. The number of aryl methyl sites for hydroxylation is 3. The quantitative estimate of drug-likeness (QED) is 0.184. The molecule has 0 aliphatic carbocycles. The van der Waals surface area contributed by atoms with Gasteiger partial charge in [-0.15, -0.1) is 0 Å². The number of hydrogen-bond acceptors (Lipinski definition) is 5. The molecule has 0 spiro atoms. The highest BCUT2D eigenvalue weighted by Crippen LogP contribution is 2.27. The van der Waals surface area contributed by atoms with Gasteiger partial charge in [0.1, 0.15) is 0 Å². The summed E-state index contributed by atoms with van der Waals surface area (Å²) in [4.78, 5) is 19.1. The number of aliphatic hydroxyl groups excluding tert-OH is 1. The molecular formula is C64H93N3O3. The van der Waals surface area contributed by atoms with Crippen LogP contribution in [0.1, 0.15) is 191 Å². The Bertz CT molecular complexity index is 2290. The predicted octanol–water partition coefficient (Wildman–Crippen LogP) is 16.2. The second kappa shape index (κ2) is 27.1. The van der Waals surface area contributed by atoms with Crippen LogP contribution in [0.25, 0.3) is 0 Å². The van der Waals surface area contributed by atoms with E-state index in [-0.39, 0.29) is 45.0 Å². The van der Waals surface area contributed by atoms with E-state index in [1.165, 1.54) is 38.9 Å². The summed E-state index contributed by atoms with van der Waals surface area (Å²) >= 11 is 0. The summed E-state index contributed by atoms with van der Waals surface area (Å²) in [5.41, 5.74) is 19.6. The molecule has 382 valence electrons. The molecule has 0 saturated carbocycles. The average Bonchev–Trinajstić information content (AvgIpc) is 3.26. The Morgan fingerprint density at radius 2 is 0.800 bits per heavy atom. The van der Waals surface area contributed by atoms with E-state index in [1.807, 2.05) is 55.6 Å². The molecule has 0 atom stereocenters. The van der Waals surface area contributed by atoms with Crippen LogP contribution in [-0.2, 0) is 39.1 Å². The van der Waals surface area contributed by atoms with Gasteiger partial charge in [-0.05, 0) is 123 Å². The lowest BCUT2D eigenvalue weighted by Crippen LogP contribution is -2.15. The zero-order chi connectivity index (χ0) is 53.9. The molecule has 2 aromatic heterocycles. The Labute approximate surface area is 427 Å². The van der Waals surface area contributed by atoms with Crippen LogP contribution in [0.2, 0.25) is 0 Å². The standard InChI is InChI=1S/C11H15NO.C11H16O.2C11H16.C10H15NO.C10H15N/c1-11(2,3)9-6-4-5-8(7-9)10(12)13;1-11(2,3)10-6-4-5-9(7-10)8-12;2*1-9-6-5-7-10(8-9)11(2,3)4;1-10(2,3)8-5-6-11-9(7-8)12-4;1-8-7-9(5-6-11-8)10(2,3)4/h4-7H,1-3H3,(H2,12,13);4-7,12H,8H2,1-3H3;2*5-8H,1-4H3;5-7H,1-4H3;5-7H,1-4H3. The van der Waals surface area contributed by atoms with Crippen LogP contribution in [0, 0.1) is 20.8 Å². The second-order valence-electron chi connectivity index (χ2n) is 24.3. The largest absolute Gasteiger partial charge is 0.481 e. The van der Waals surface area contributed by atoms with Crippen molar-refractivity contribution in [2.75, 3.05) is 7.11 Å². The van der Waals surface area contributed by atoms with Gasteiger partial charge in [-0.3, -0.25) is 9.78 Å². The van der Waals surface area contributed by atoms with Crippen molar-refractivity contribution in [1.82, 2.24) is 9.97 Å². The summed E-state index contributed by atoms with van der Waals surface area (Å²) < 4.78 is 5.04. The second-order valence-corrected chi connectivity index (χ2v) is 24.3. The Hall–Kier alpha value is -5.59. The first kappa shape index (κ1) is 62.4. The highest BCUT2D eigenvalue weighted by molar-refractivity contribution is 5.92. The molecule has 0 radical (unpaired) electrons. The number of pyridine rings is 2. The fraction of sp³-hybridized carbons (Fsp3) is 0.453. The minimum atomic E-state index is -0.369. The number of nitrogens with zero attached hydrogens (tertiary/aromatic N) is 2. The molecular weight excluding hydrogens is 859 g/mol. The normalized spacial score (nSPS) is 11.5. The van der Waals surface area contributed by atoms with Gasteiger partial charge in [0.2, 0.25) is 11.8 Å². The zero-order valence-corrected chi connectivity index (χ0v) is 47.6. The Morgan fingerprint density at radius 1 is 0.457 bits per heavy atom. The molecule has 0 saturated heterocycles. The highest BCUT2D eigenvalue weighted by atomic mass is 16.5. The molecule has 0 fully saturated rings. The van der Waals surface area contributed by atoms with E-state index in [4.69, 9.17) is 15.6 Å². The molecule has 70 heavy (non-hydrogen) atoms. The molecule has 6 aromatic rings. The van der Waals surface area contributed by atoms with Crippen LogP contribution in [0.4, 0.5) is 0 Å². The average molecular weight is 952 g/mol. The maximum absolute atomic E-state index is 10.9. The van der Waals surface area contributed by atoms with Crippen LogP contribution in [-0.4, -0.2) is 28.1 Å². The third-order valence-electron chi connectivity index (χ3n) is 11.3. The summed E-state index contributed by atoms with van der Waals surface area (Å²) in [6.45, 7) is 45.8. The molecule has 6 heteroatoms. The Balaban J connectivity index is 0.000000420. The van der Waals surface area contributed by atoms with E-state index in [9.17, 15) is 4.79 Å². The first-order valence-corrected chi connectivity index (χ1v) is 24.7. The van der Waals surface area contributed by atoms with Gasteiger partial charge in [0.25, 0.3) is 0 Å².